The minimum atomic E-state index is -0.180. The van der Waals surface area contributed by atoms with Crippen molar-refractivity contribution in [3.05, 3.63) is 29.3 Å². The van der Waals surface area contributed by atoms with E-state index in [0.717, 1.165) is 18.5 Å². The summed E-state index contributed by atoms with van der Waals surface area (Å²) in [6, 6.07) is 7.13. The third kappa shape index (κ3) is 3.54. The molecule has 0 aromatic heterocycles. The van der Waals surface area contributed by atoms with Gasteiger partial charge < -0.3 is 15.0 Å². The van der Waals surface area contributed by atoms with Crippen LogP contribution < -0.4 is 10.2 Å². The van der Waals surface area contributed by atoms with Crippen LogP contribution in [0, 0.1) is 5.92 Å². The molecule has 112 valence electrons. The van der Waals surface area contributed by atoms with Crippen LogP contribution in [-0.4, -0.2) is 37.6 Å². The number of amides is 2. The zero-order valence-corrected chi connectivity index (χ0v) is 12.3. The van der Waals surface area contributed by atoms with Gasteiger partial charge >= 0.3 is 0 Å². The summed E-state index contributed by atoms with van der Waals surface area (Å²) in [4.78, 5) is 25.3. The van der Waals surface area contributed by atoms with Gasteiger partial charge in [0.15, 0.2) is 0 Å². The first-order valence-electron chi connectivity index (χ1n) is 7.09. The number of nitrogens with one attached hydrogen (secondary N) is 1. The molecule has 1 aliphatic heterocycles. The number of benzene rings is 1. The first kappa shape index (κ1) is 14.4. The van der Waals surface area contributed by atoms with Crippen LogP contribution in [0.1, 0.15) is 12.8 Å². The summed E-state index contributed by atoms with van der Waals surface area (Å²) < 4.78 is 5.48. The number of anilines is 1. The second kappa shape index (κ2) is 6.03. The van der Waals surface area contributed by atoms with Crippen LogP contribution in [-0.2, 0) is 14.3 Å². The molecule has 5 nitrogen and oxygen atoms in total. The van der Waals surface area contributed by atoms with Crippen molar-refractivity contribution in [1.82, 2.24) is 5.32 Å². The molecule has 1 heterocycles. The van der Waals surface area contributed by atoms with Crippen LogP contribution in [0.5, 0.6) is 0 Å². The van der Waals surface area contributed by atoms with Crippen molar-refractivity contribution in [2.24, 2.45) is 5.92 Å². The predicted octanol–water partition coefficient (Wildman–Crippen LogP) is 1.60. The Hall–Kier alpha value is -1.59. The topological polar surface area (TPSA) is 58.6 Å². The number of carbonyl (C=O) groups is 2. The number of hydrogen-bond acceptors (Lipinski definition) is 3. The van der Waals surface area contributed by atoms with Gasteiger partial charge in [-0.25, -0.2) is 0 Å². The predicted molar refractivity (Wildman–Crippen MR) is 79.3 cm³/mol. The Morgan fingerprint density at radius 1 is 1.33 bits per heavy atom. The maximum Gasteiger partial charge on any atom is 0.253 e. The fraction of sp³-hybridized carbons (Fsp3) is 0.467. The summed E-state index contributed by atoms with van der Waals surface area (Å²) in [5.74, 6) is 0.193. The Morgan fingerprint density at radius 2 is 2.05 bits per heavy atom. The van der Waals surface area contributed by atoms with Crippen molar-refractivity contribution in [3.63, 3.8) is 0 Å². The maximum atomic E-state index is 12.0. The maximum absolute atomic E-state index is 12.0. The van der Waals surface area contributed by atoms with Gasteiger partial charge in [0.1, 0.15) is 6.61 Å². The summed E-state index contributed by atoms with van der Waals surface area (Å²) in [5.41, 5.74) is 0.797. The molecule has 0 radical (unpaired) electrons. The summed E-state index contributed by atoms with van der Waals surface area (Å²) in [6.45, 7) is 0.907. The second-order valence-corrected chi connectivity index (χ2v) is 5.87. The van der Waals surface area contributed by atoms with E-state index in [1.807, 2.05) is 12.1 Å². The van der Waals surface area contributed by atoms with Crippen LogP contribution in [0.2, 0.25) is 5.02 Å². The number of hydrogen-bond donors (Lipinski definition) is 1. The standard InChI is InChI=1S/C15H17ClN2O3/c16-11-3-5-12(6-4-11)18-8-13(21-9-14(18)19)7-17-15(20)10-1-2-10/h3-6,10,13H,1-2,7-9H2,(H,17,20). The number of nitrogens with zero attached hydrogens (tertiary/aromatic N) is 1. The molecular weight excluding hydrogens is 292 g/mol. The van der Waals surface area contributed by atoms with Crippen molar-refractivity contribution in [3.8, 4) is 0 Å². The van der Waals surface area contributed by atoms with Gasteiger partial charge in [0.2, 0.25) is 5.91 Å². The molecule has 1 N–H and O–H groups in total. The molecule has 1 aliphatic carbocycles. The lowest BCUT2D eigenvalue weighted by atomic mass is 10.2. The molecule has 1 aromatic carbocycles. The van der Waals surface area contributed by atoms with Crippen LogP contribution >= 0.6 is 11.6 Å². The third-order valence-corrected chi connectivity index (χ3v) is 3.97. The van der Waals surface area contributed by atoms with E-state index in [1.165, 1.54) is 0 Å². The highest BCUT2D eigenvalue weighted by Crippen LogP contribution is 2.28. The largest absolute Gasteiger partial charge is 0.365 e. The second-order valence-electron chi connectivity index (χ2n) is 5.43. The van der Waals surface area contributed by atoms with Crippen molar-refractivity contribution >= 4 is 29.1 Å². The Balaban J connectivity index is 1.59. The summed E-state index contributed by atoms with van der Waals surface area (Å²) in [7, 11) is 0. The van der Waals surface area contributed by atoms with Crippen LogP contribution in [0.4, 0.5) is 5.69 Å². The van der Waals surface area contributed by atoms with Gasteiger partial charge in [0.05, 0.1) is 12.6 Å². The van der Waals surface area contributed by atoms with Gasteiger partial charge in [0, 0.05) is 23.2 Å². The van der Waals surface area contributed by atoms with E-state index in [1.54, 1.807) is 17.0 Å². The molecule has 1 saturated heterocycles. The van der Waals surface area contributed by atoms with E-state index in [0.29, 0.717) is 18.1 Å². The molecule has 1 unspecified atom stereocenters. The number of ether oxygens (including phenoxy) is 1. The van der Waals surface area contributed by atoms with Gasteiger partial charge in [-0.15, -0.1) is 0 Å². The number of morpholine rings is 1. The Bertz CT molecular complexity index is 542. The van der Waals surface area contributed by atoms with Gasteiger partial charge in [-0.3, -0.25) is 9.59 Å². The van der Waals surface area contributed by atoms with Gasteiger partial charge in [0.25, 0.3) is 5.91 Å². The number of rotatable bonds is 4. The number of halogens is 1. The molecular formula is C15H17ClN2O3. The van der Waals surface area contributed by atoms with Crippen molar-refractivity contribution < 1.29 is 14.3 Å². The van der Waals surface area contributed by atoms with E-state index in [9.17, 15) is 9.59 Å². The highest BCUT2D eigenvalue weighted by Gasteiger charge is 2.31. The minimum absolute atomic E-state index is 0.0343. The summed E-state index contributed by atoms with van der Waals surface area (Å²) in [6.07, 6.45) is 1.78. The first-order chi connectivity index (χ1) is 10.1. The zero-order valence-electron chi connectivity index (χ0n) is 11.5. The normalized spacial score (nSPS) is 22.2. The van der Waals surface area contributed by atoms with E-state index >= 15 is 0 Å². The molecule has 1 saturated carbocycles. The molecule has 2 amide bonds. The molecule has 2 fully saturated rings. The van der Waals surface area contributed by atoms with Gasteiger partial charge in [-0.05, 0) is 37.1 Å². The van der Waals surface area contributed by atoms with Crippen LogP contribution in [0.15, 0.2) is 24.3 Å². The molecule has 0 spiro atoms. The average Bonchev–Trinajstić information content (AvgIpc) is 3.32. The highest BCUT2D eigenvalue weighted by atomic mass is 35.5. The lowest BCUT2D eigenvalue weighted by molar-refractivity contribution is -0.129. The fourth-order valence-electron chi connectivity index (χ4n) is 2.32. The molecule has 0 bridgehead atoms. The molecule has 21 heavy (non-hydrogen) atoms. The van der Waals surface area contributed by atoms with Crippen LogP contribution in [0.25, 0.3) is 0 Å². The molecule has 3 rings (SSSR count). The van der Waals surface area contributed by atoms with Crippen molar-refractivity contribution in [2.45, 2.75) is 18.9 Å². The SMILES string of the molecule is O=C(NCC1CN(c2ccc(Cl)cc2)C(=O)CO1)C1CC1. The van der Waals surface area contributed by atoms with Crippen molar-refractivity contribution in [1.29, 1.82) is 0 Å². The molecule has 2 aliphatic rings. The zero-order chi connectivity index (χ0) is 14.8. The van der Waals surface area contributed by atoms with Gasteiger partial charge in [-0.2, -0.15) is 0 Å². The number of carbonyl (C=O) groups excluding carboxylic acids is 2. The molecule has 6 heteroatoms. The quantitative estimate of drug-likeness (QED) is 0.919. The Labute approximate surface area is 128 Å². The summed E-state index contributed by atoms with van der Waals surface area (Å²) in [5, 5.41) is 3.52. The van der Waals surface area contributed by atoms with Crippen LogP contribution in [0.3, 0.4) is 0 Å². The first-order valence-corrected chi connectivity index (χ1v) is 7.46. The third-order valence-electron chi connectivity index (χ3n) is 3.72. The van der Waals surface area contributed by atoms with E-state index in [2.05, 4.69) is 5.32 Å². The Morgan fingerprint density at radius 3 is 2.71 bits per heavy atom. The molecule has 1 atom stereocenters. The van der Waals surface area contributed by atoms with E-state index < -0.39 is 0 Å². The lowest BCUT2D eigenvalue weighted by Gasteiger charge is -2.32. The summed E-state index contributed by atoms with van der Waals surface area (Å²) >= 11 is 5.86. The minimum Gasteiger partial charge on any atom is -0.365 e. The lowest BCUT2D eigenvalue weighted by Crippen LogP contribution is -2.50. The van der Waals surface area contributed by atoms with E-state index in [4.69, 9.17) is 16.3 Å². The Kier molecular flexibility index (Phi) is 4.12. The smallest absolute Gasteiger partial charge is 0.253 e. The van der Waals surface area contributed by atoms with Crippen molar-refractivity contribution in [2.75, 3.05) is 24.6 Å². The monoisotopic (exact) mass is 308 g/mol. The van der Waals surface area contributed by atoms with E-state index in [-0.39, 0.29) is 30.4 Å². The highest BCUT2D eigenvalue weighted by molar-refractivity contribution is 6.30. The average molecular weight is 309 g/mol. The fourth-order valence-corrected chi connectivity index (χ4v) is 2.45. The molecule has 1 aromatic rings. The van der Waals surface area contributed by atoms with Gasteiger partial charge in [-0.1, -0.05) is 11.6 Å².